The number of esters is 1. The van der Waals surface area contributed by atoms with Crippen LogP contribution in [0.25, 0.3) is 0 Å². The molecule has 0 spiro atoms. The molecule has 9 heteroatoms. The Bertz CT molecular complexity index is 883. The molecule has 0 bridgehead atoms. The summed E-state index contributed by atoms with van der Waals surface area (Å²) in [6.45, 7) is 8.59. The molecular weight excluding hydrogens is 525 g/mol. The molecule has 2 rings (SSSR count). The largest absolute Gasteiger partial charge is 0.493 e. The van der Waals surface area contributed by atoms with E-state index in [1.807, 2.05) is 32.0 Å². The second-order valence-electron chi connectivity index (χ2n) is 7.03. The number of hydrogen-bond donors (Lipinski definition) is 2. The number of hydrogen-bond acceptors (Lipinski definition) is 6. The minimum Gasteiger partial charge on any atom is -0.493 e. The summed E-state index contributed by atoms with van der Waals surface area (Å²) >= 11 is 0. The van der Waals surface area contributed by atoms with Crippen molar-refractivity contribution in [1.29, 1.82) is 0 Å². The van der Waals surface area contributed by atoms with Gasteiger partial charge >= 0.3 is 5.97 Å². The lowest BCUT2D eigenvalue weighted by molar-refractivity contribution is 0.0599. The molecule has 2 aromatic rings. The maximum atomic E-state index is 11.8. The number of carbonyl (C=O) groups excluding carboxylic acids is 1. The third kappa shape index (κ3) is 8.70. The predicted octanol–water partition coefficient (Wildman–Crippen LogP) is 3.97. The van der Waals surface area contributed by atoms with Gasteiger partial charge in [0.15, 0.2) is 5.96 Å². The van der Waals surface area contributed by atoms with Crippen LogP contribution in [0.2, 0.25) is 0 Å². The van der Waals surface area contributed by atoms with Gasteiger partial charge in [0, 0.05) is 32.2 Å². The van der Waals surface area contributed by atoms with Crippen molar-refractivity contribution >= 4 is 35.9 Å². The molecule has 32 heavy (non-hydrogen) atoms. The van der Waals surface area contributed by atoms with Gasteiger partial charge in [-0.25, -0.2) is 9.79 Å². The fraction of sp³-hybridized carbons (Fsp3) is 0.478. The highest BCUT2D eigenvalue weighted by Crippen LogP contribution is 2.21. The second kappa shape index (κ2) is 14.7. The summed E-state index contributed by atoms with van der Waals surface area (Å²) in [5.41, 5.74) is 2.56. The Hall–Kier alpha value is -2.27. The highest BCUT2D eigenvalue weighted by Gasteiger charge is 2.15. The summed E-state index contributed by atoms with van der Waals surface area (Å²) in [6.07, 6.45) is 0.827. The topological polar surface area (TPSA) is 94.3 Å². The number of furan rings is 1. The first-order valence-electron chi connectivity index (χ1n) is 10.4. The Morgan fingerprint density at radius 3 is 2.59 bits per heavy atom. The van der Waals surface area contributed by atoms with Gasteiger partial charge in [0.05, 0.1) is 26.8 Å². The molecule has 0 aliphatic rings. The van der Waals surface area contributed by atoms with E-state index in [9.17, 15) is 4.79 Å². The van der Waals surface area contributed by atoms with E-state index in [2.05, 4.69) is 15.6 Å². The average Bonchev–Trinajstić information content (AvgIpc) is 3.14. The van der Waals surface area contributed by atoms with Crippen molar-refractivity contribution in [2.75, 3.05) is 34.0 Å². The molecule has 1 aromatic carbocycles. The van der Waals surface area contributed by atoms with E-state index in [0.29, 0.717) is 55.9 Å². The summed E-state index contributed by atoms with van der Waals surface area (Å²) < 4.78 is 21.4. The molecule has 0 aliphatic carbocycles. The zero-order valence-corrected chi connectivity index (χ0v) is 21.8. The van der Waals surface area contributed by atoms with Gasteiger partial charge in [0.25, 0.3) is 0 Å². The van der Waals surface area contributed by atoms with Crippen molar-refractivity contribution in [2.24, 2.45) is 4.99 Å². The van der Waals surface area contributed by atoms with Crippen LogP contribution in [0, 0.1) is 13.8 Å². The number of halogens is 1. The molecule has 1 aromatic heterocycles. The van der Waals surface area contributed by atoms with Crippen molar-refractivity contribution in [1.82, 2.24) is 10.6 Å². The molecular formula is C23H34IN3O5. The van der Waals surface area contributed by atoms with Gasteiger partial charge in [-0.15, -0.1) is 24.0 Å². The Labute approximate surface area is 207 Å². The molecule has 8 nitrogen and oxygen atoms in total. The normalized spacial score (nSPS) is 11.0. The number of guanidine groups is 1. The number of nitrogens with one attached hydrogen (secondary N) is 2. The quantitative estimate of drug-likeness (QED) is 0.142. The first kappa shape index (κ1) is 27.8. The molecule has 0 fully saturated rings. The van der Waals surface area contributed by atoms with Gasteiger partial charge in [-0.2, -0.15) is 0 Å². The zero-order chi connectivity index (χ0) is 22.6. The van der Waals surface area contributed by atoms with E-state index in [1.165, 1.54) is 7.11 Å². The van der Waals surface area contributed by atoms with E-state index >= 15 is 0 Å². The van der Waals surface area contributed by atoms with E-state index in [-0.39, 0.29) is 24.0 Å². The molecule has 0 amide bonds. The molecule has 178 valence electrons. The SMILES string of the molecule is CCNC(=NCc1ccc(C)cc1OCCCOC)NCc1cc(C(=O)OC)c(C)o1.I. The Balaban J connectivity index is 0.00000512. The molecule has 0 aliphatic heterocycles. The van der Waals surface area contributed by atoms with Crippen LogP contribution in [-0.4, -0.2) is 45.9 Å². The molecule has 0 unspecified atom stereocenters. The van der Waals surface area contributed by atoms with Gasteiger partial charge in [-0.05, 0) is 38.5 Å². The number of aliphatic imine (C=N–C) groups is 1. The smallest absolute Gasteiger partial charge is 0.341 e. The summed E-state index contributed by atoms with van der Waals surface area (Å²) in [7, 11) is 3.03. The van der Waals surface area contributed by atoms with Crippen LogP contribution in [0.3, 0.4) is 0 Å². The zero-order valence-electron chi connectivity index (χ0n) is 19.4. The Morgan fingerprint density at radius 2 is 1.91 bits per heavy atom. The van der Waals surface area contributed by atoms with E-state index in [4.69, 9.17) is 18.6 Å². The number of methoxy groups -OCH3 is 2. The monoisotopic (exact) mass is 559 g/mol. The standard InChI is InChI=1S/C23H33N3O5.HI/c1-6-24-23(26-15-19-13-20(17(3)31-19)22(27)29-5)25-14-18-9-8-16(2)12-21(18)30-11-7-10-28-4;/h8-9,12-13H,6-7,10-11,14-15H2,1-5H3,(H2,24,25,26);1H. The van der Waals surface area contributed by atoms with Crippen LogP contribution in [0.15, 0.2) is 33.7 Å². The number of aryl methyl sites for hydroxylation is 2. The van der Waals surface area contributed by atoms with Crippen LogP contribution in [0.1, 0.15) is 46.3 Å². The summed E-state index contributed by atoms with van der Waals surface area (Å²) in [5.74, 6) is 2.22. The van der Waals surface area contributed by atoms with Crippen molar-refractivity contribution in [3.8, 4) is 5.75 Å². The number of carbonyl (C=O) groups is 1. The van der Waals surface area contributed by atoms with Crippen molar-refractivity contribution < 1.29 is 23.4 Å². The second-order valence-corrected chi connectivity index (χ2v) is 7.03. The third-order valence-corrected chi connectivity index (χ3v) is 4.53. The van der Waals surface area contributed by atoms with E-state index in [0.717, 1.165) is 23.3 Å². The van der Waals surface area contributed by atoms with Crippen molar-refractivity contribution in [2.45, 2.75) is 40.3 Å². The minimum atomic E-state index is -0.412. The lowest BCUT2D eigenvalue weighted by Gasteiger charge is -2.13. The molecule has 0 radical (unpaired) electrons. The van der Waals surface area contributed by atoms with Crippen LogP contribution >= 0.6 is 24.0 Å². The maximum absolute atomic E-state index is 11.8. The van der Waals surface area contributed by atoms with Gasteiger partial charge in [0.1, 0.15) is 22.8 Å². The van der Waals surface area contributed by atoms with Crippen LogP contribution in [-0.2, 0) is 22.6 Å². The molecule has 1 heterocycles. The van der Waals surface area contributed by atoms with Gasteiger partial charge in [-0.1, -0.05) is 12.1 Å². The first-order chi connectivity index (χ1) is 15.0. The number of nitrogens with zero attached hydrogens (tertiary/aromatic N) is 1. The first-order valence-corrected chi connectivity index (χ1v) is 10.4. The minimum absolute atomic E-state index is 0. The Morgan fingerprint density at radius 1 is 1.12 bits per heavy atom. The molecule has 0 saturated heterocycles. The molecule has 2 N–H and O–H groups in total. The number of benzene rings is 1. The fourth-order valence-electron chi connectivity index (χ4n) is 2.93. The maximum Gasteiger partial charge on any atom is 0.341 e. The van der Waals surface area contributed by atoms with Crippen LogP contribution in [0.5, 0.6) is 5.75 Å². The molecule has 0 saturated carbocycles. The number of rotatable bonds is 11. The van der Waals surface area contributed by atoms with Crippen LogP contribution < -0.4 is 15.4 Å². The van der Waals surface area contributed by atoms with Gasteiger partial charge in [0.2, 0.25) is 0 Å². The lowest BCUT2D eigenvalue weighted by atomic mass is 10.1. The Kier molecular flexibility index (Phi) is 12.8. The van der Waals surface area contributed by atoms with Crippen molar-refractivity contribution in [3.63, 3.8) is 0 Å². The summed E-state index contributed by atoms with van der Waals surface area (Å²) in [5, 5.41) is 6.45. The van der Waals surface area contributed by atoms with E-state index in [1.54, 1.807) is 20.1 Å². The van der Waals surface area contributed by atoms with Crippen LogP contribution in [0.4, 0.5) is 0 Å². The average molecular weight is 559 g/mol. The highest BCUT2D eigenvalue weighted by atomic mass is 127. The van der Waals surface area contributed by atoms with E-state index < -0.39 is 5.97 Å². The predicted molar refractivity (Wildman–Crippen MR) is 135 cm³/mol. The molecule has 0 atom stereocenters. The summed E-state index contributed by atoms with van der Waals surface area (Å²) in [6, 6.07) is 7.79. The van der Waals surface area contributed by atoms with Gasteiger partial charge in [-0.3, -0.25) is 0 Å². The van der Waals surface area contributed by atoms with Crippen molar-refractivity contribution in [3.05, 3.63) is 52.5 Å². The summed E-state index contributed by atoms with van der Waals surface area (Å²) in [4.78, 5) is 16.4. The highest BCUT2D eigenvalue weighted by molar-refractivity contribution is 14.0. The third-order valence-electron chi connectivity index (χ3n) is 4.53. The van der Waals surface area contributed by atoms with Gasteiger partial charge < -0.3 is 29.3 Å². The fourth-order valence-corrected chi connectivity index (χ4v) is 2.93. The lowest BCUT2D eigenvalue weighted by Crippen LogP contribution is -2.36. The number of ether oxygens (including phenoxy) is 3.